The highest BCUT2D eigenvalue weighted by Gasteiger charge is 2.34. The minimum absolute atomic E-state index is 0.120. The SMILES string of the molecule is CCCCOc1ccc2c(c1F)SC(C1CCC(C)CC1)C2. The minimum Gasteiger partial charge on any atom is -0.490 e. The average Bonchev–Trinajstić information content (AvgIpc) is 2.95. The Labute approximate surface area is 138 Å². The summed E-state index contributed by atoms with van der Waals surface area (Å²) in [6, 6.07) is 3.91. The normalized spacial score (nSPS) is 27.7. The van der Waals surface area contributed by atoms with E-state index in [-0.39, 0.29) is 5.82 Å². The fraction of sp³-hybridized carbons (Fsp3) is 0.684. The van der Waals surface area contributed by atoms with Crippen LogP contribution in [-0.4, -0.2) is 11.9 Å². The summed E-state index contributed by atoms with van der Waals surface area (Å²) in [5, 5.41) is 0.572. The van der Waals surface area contributed by atoms with Crippen LogP contribution in [0.3, 0.4) is 0 Å². The highest BCUT2D eigenvalue weighted by atomic mass is 32.2. The molecule has 1 aromatic carbocycles. The lowest BCUT2D eigenvalue weighted by Gasteiger charge is -2.30. The Kier molecular flexibility index (Phi) is 5.33. The predicted molar refractivity (Wildman–Crippen MR) is 91.3 cm³/mol. The average molecular weight is 322 g/mol. The molecule has 1 atom stereocenters. The monoisotopic (exact) mass is 322 g/mol. The van der Waals surface area contributed by atoms with Crippen molar-refractivity contribution in [3.05, 3.63) is 23.5 Å². The van der Waals surface area contributed by atoms with Crippen molar-refractivity contribution in [2.24, 2.45) is 11.8 Å². The maximum absolute atomic E-state index is 14.7. The zero-order chi connectivity index (χ0) is 15.5. The van der Waals surface area contributed by atoms with Crippen LogP contribution in [0, 0.1) is 17.7 Å². The number of hydrogen-bond donors (Lipinski definition) is 0. The smallest absolute Gasteiger partial charge is 0.178 e. The zero-order valence-electron chi connectivity index (χ0n) is 13.7. The fourth-order valence-electron chi connectivity index (χ4n) is 3.63. The van der Waals surface area contributed by atoms with Crippen molar-refractivity contribution in [3.8, 4) is 5.75 Å². The molecule has 0 aromatic heterocycles. The molecule has 0 N–H and O–H groups in total. The molecule has 1 aromatic rings. The molecule has 0 bridgehead atoms. The van der Waals surface area contributed by atoms with Gasteiger partial charge < -0.3 is 4.74 Å². The molecular weight excluding hydrogens is 295 g/mol. The summed E-state index contributed by atoms with van der Waals surface area (Å²) in [5.41, 5.74) is 1.19. The first-order valence-corrected chi connectivity index (χ1v) is 9.67. The van der Waals surface area contributed by atoms with E-state index >= 15 is 0 Å². The lowest BCUT2D eigenvalue weighted by atomic mass is 9.80. The second kappa shape index (κ2) is 7.25. The van der Waals surface area contributed by atoms with Gasteiger partial charge in [0.2, 0.25) is 0 Å². The van der Waals surface area contributed by atoms with Crippen molar-refractivity contribution >= 4 is 11.8 Å². The van der Waals surface area contributed by atoms with Gasteiger partial charge in [-0.05, 0) is 49.1 Å². The molecule has 1 aliphatic carbocycles. The maximum Gasteiger partial charge on any atom is 0.178 e. The molecule has 1 unspecified atom stereocenters. The van der Waals surface area contributed by atoms with Crippen molar-refractivity contribution in [2.75, 3.05) is 6.61 Å². The van der Waals surface area contributed by atoms with Crippen LogP contribution in [0.4, 0.5) is 4.39 Å². The van der Waals surface area contributed by atoms with Gasteiger partial charge in [-0.3, -0.25) is 0 Å². The lowest BCUT2D eigenvalue weighted by molar-refractivity contribution is 0.284. The van der Waals surface area contributed by atoms with E-state index in [1.807, 2.05) is 6.07 Å². The molecule has 22 heavy (non-hydrogen) atoms. The number of fused-ring (bicyclic) bond motifs is 1. The van der Waals surface area contributed by atoms with Gasteiger partial charge in [-0.2, -0.15) is 0 Å². The molecule has 0 radical (unpaired) electrons. The van der Waals surface area contributed by atoms with Crippen molar-refractivity contribution < 1.29 is 9.13 Å². The maximum atomic E-state index is 14.7. The summed E-state index contributed by atoms with van der Waals surface area (Å²) >= 11 is 1.77. The number of thioether (sulfide) groups is 1. The molecule has 1 aliphatic heterocycles. The largest absolute Gasteiger partial charge is 0.490 e. The Morgan fingerprint density at radius 2 is 2.00 bits per heavy atom. The lowest BCUT2D eigenvalue weighted by Crippen LogP contribution is -2.22. The predicted octanol–water partition coefficient (Wildman–Crippen LogP) is 5.85. The third-order valence-corrected chi connectivity index (χ3v) is 6.71. The summed E-state index contributed by atoms with van der Waals surface area (Å²) in [6.07, 6.45) is 8.39. The van der Waals surface area contributed by atoms with Gasteiger partial charge >= 0.3 is 0 Å². The molecule has 1 fully saturated rings. The molecular formula is C19H27FOS. The fourth-order valence-corrected chi connectivity index (χ4v) is 5.17. The van der Waals surface area contributed by atoms with Crippen LogP contribution in [0.2, 0.25) is 0 Å². The standard InChI is InChI=1S/C19H27FOS/c1-3-4-11-21-16-10-9-15-12-17(22-19(15)18(16)20)14-7-5-13(2)6-8-14/h9-10,13-14,17H,3-8,11-12H2,1-2H3. The van der Waals surface area contributed by atoms with E-state index in [0.717, 1.165) is 36.0 Å². The third kappa shape index (κ3) is 3.45. The summed E-state index contributed by atoms with van der Waals surface area (Å²) in [5.74, 6) is 1.96. The molecule has 0 amide bonds. The van der Waals surface area contributed by atoms with E-state index in [2.05, 4.69) is 19.9 Å². The number of halogens is 1. The Morgan fingerprint density at radius 1 is 1.23 bits per heavy atom. The molecule has 2 aliphatic rings. The Morgan fingerprint density at radius 3 is 2.73 bits per heavy atom. The van der Waals surface area contributed by atoms with E-state index in [4.69, 9.17) is 4.74 Å². The summed E-state index contributed by atoms with van der Waals surface area (Å²) in [7, 11) is 0. The van der Waals surface area contributed by atoms with Gasteiger partial charge in [0.25, 0.3) is 0 Å². The van der Waals surface area contributed by atoms with Crippen LogP contribution in [0.1, 0.15) is 57.9 Å². The molecule has 3 rings (SSSR count). The van der Waals surface area contributed by atoms with Crippen molar-refractivity contribution in [3.63, 3.8) is 0 Å². The Balaban J connectivity index is 1.66. The van der Waals surface area contributed by atoms with Crippen molar-refractivity contribution in [1.82, 2.24) is 0 Å². The van der Waals surface area contributed by atoms with Gasteiger partial charge in [-0.25, -0.2) is 4.39 Å². The number of rotatable bonds is 5. The number of hydrogen-bond acceptors (Lipinski definition) is 2. The van der Waals surface area contributed by atoms with Gasteiger partial charge in [0, 0.05) is 5.25 Å². The van der Waals surface area contributed by atoms with Gasteiger partial charge in [0.05, 0.1) is 11.5 Å². The van der Waals surface area contributed by atoms with Crippen molar-refractivity contribution in [2.45, 2.75) is 68.9 Å². The summed E-state index contributed by atoms with van der Waals surface area (Å²) in [6.45, 7) is 5.08. The number of unbranched alkanes of at least 4 members (excludes halogenated alkanes) is 1. The van der Waals surface area contributed by atoms with E-state index < -0.39 is 0 Å². The van der Waals surface area contributed by atoms with Crippen LogP contribution in [-0.2, 0) is 6.42 Å². The topological polar surface area (TPSA) is 9.23 Å². The molecule has 0 saturated heterocycles. The molecule has 3 heteroatoms. The first-order valence-electron chi connectivity index (χ1n) is 8.79. The zero-order valence-corrected chi connectivity index (χ0v) is 14.6. The molecule has 1 nitrogen and oxygen atoms in total. The van der Waals surface area contributed by atoms with E-state index in [0.29, 0.717) is 17.6 Å². The van der Waals surface area contributed by atoms with Gasteiger partial charge in [0.15, 0.2) is 11.6 Å². The quantitative estimate of drug-likeness (QED) is 0.629. The first kappa shape index (κ1) is 16.2. The van der Waals surface area contributed by atoms with E-state index in [1.165, 1.54) is 31.2 Å². The van der Waals surface area contributed by atoms with Gasteiger partial charge in [-0.15, -0.1) is 11.8 Å². The third-order valence-electron chi connectivity index (χ3n) is 5.18. The van der Waals surface area contributed by atoms with Crippen LogP contribution in [0.25, 0.3) is 0 Å². The molecule has 122 valence electrons. The Bertz CT molecular complexity index is 508. The van der Waals surface area contributed by atoms with Crippen LogP contribution in [0.5, 0.6) is 5.75 Å². The molecule has 0 spiro atoms. The number of ether oxygens (including phenoxy) is 1. The van der Waals surface area contributed by atoms with Gasteiger partial charge in [0.1, 0.15) is 0 Å². The summed E-state index contributed by atoms with van der Waals surface area (Å²) in [4.78, 5) is 0.859. The summed E-state index contributed by atoms with van der Waals surface area (Å²) < 4.78 is 20.3. The van der Waals surface area contributed by atoms with Gasteiger partial charge in [-0.1, -0.05) is 39.2 Å². The molecule has 1 heterocycles. The first-order chi connectivity index (χ1) is 10.7. The van der Waals surface area contributed by atoms with Crippen LogP contribution in [0.15, 0.2) is 17.0 Å². The second-order valence-corrected chi connectivity index (χ2v) is 8.20. The second-order valence-electron chi connectivity index (χ2n) is 6.95. The van der Waals surface area contributed by atoms with Crippen LogP contribution >= 0.6 is 11.8 Å². The molecule has 1 saturated carbocycles. The van der Waals surface area contributed by atoms with Crippen LogP contribution < -0.4 is 4.74 Å². The Hall–Kier alpha value is -0.700. The number of benzene rings is 1. The highest BCUT2D eigenvalue weighted by molar-refractivity contribution is 8.00. The van der Waals surface area contributed by atoms with E-state index in [9.17, 15) is 4.39 Å². The highest BCUT2D eigenvalue weighted by Crippen LogP contribution is 2.47. The minimum atomic E-state index is -0.120. The van der Waals surface area contributed by atoms with Crippen molar-refractivity contribution in [1.29, 1.82) is 0 Å². The van der Waals surface area contributed by atoms with E-state index in [1.54, 1.807) is 11.8 Å².